The molecule has 0 bridgehead atoms. The molecule has 0 amide bonds. The molecule has 2 N–H and O–H groups in total. The Hall–Kier alpha value is -2.23. The van der Waals surface area contributed by atoms with Crippen LogP contribution in [0.2, 0.25) is 0 Å². The van der Waals surface area contributed by atoms with Gasteiger partial charge in [0.2, 0.25) is 5.56 Å². The summed E-state index contributed by atoms with van der Waals surface area (Å²) in [5.41, 5.74) is 5.28. The van der Waals surface area contributed by atoms with E-state index in [0.29, 0.717) is 0 Å². The molecule has 1 aliphatic heterocycles. The molecule has 0 radical (unpaired) electrons. The van der Waals surface area contributed by atoms with E-state index >= 15 is 0 Å². The van der Waals surface area contributed by atoms with Crippen molar-refractivity contribution in [3.8, 4) is 0 Å². The van der Waals surface area contributed by atoms with E-state index in [1.165, 1.54) is 6.07 Å². The van der Waals surface area contributed by atoms with Gasteiger partial charge in [0.15, 0.2) is 0 Å². The van der Waals surface area contributed by atoms with Crippen LogP contribution < -0.4 is 11.0 Å². The van der Waals surface area contributed by atoms with Crippen molar-refractivity contribution in [3.63, 3.8) is 0 Å². The van der Waals surface area contributed by atoms with E-state index < -0.39 is 0 Å². The van der Waals surface area contributed by atoms with Gasteiger partial charge in [0, 0.05) is 11.6 Å². The Kier molecular flexibility index (Phi) is 1.56. The first kappa shape index (κ1) is 8.11. The molecular weight excluding hydrogens is 192 g/mol. The molecule has 1 aromatic carbocycles. The first-order valence-corrected chi connectivity index (χ1v) is 4.59. The zero-order chi connectivity index (χ0) is 10.3. The standard InChI is InChI=1S/C11H8N2O2/c14-10-4-2-7-1-3-9-8(11(7)12-10)5-6-15-13-9/h1-6,13H,(H,12,14). The number of pyridine rings is 1. The van der Waals surface area contributed by atoms with Crippen LogP contribution in [0.5, 0.6) is 0 Å². The second kappa shape index (κ2) is 2.88. The molecular formula is C11H8N2O2. The fraction of sp³-hybridized carbons (Fsp3) is 0. The molecule has 0 saturated carbocycles. The minimum atomic E-state index is -0.101. The molecule has 4 heteroatoms. The second-order valence-corrected chi connectivity index (χ2v) is 3.34. The molecule has 15 heavy (non-hydrogen) atoms. The number of hydrogen-bond donors (Lipinski definition) is 2. The molecule has 4 nitrogen and oxygen atoms in total. The average Bonchev–Trinajstić information content (AvgIpc) is 2.29. The lowest BCUT2D eigenvalue weighted by Gasteiger charge is -2.14. The maximum Gasteiger partial charge on any atom is 0.248 e. The third kappa shape index (κ3) is 1.19. The summed E-state index contributed by atoms with van der Waals surface area (Å²) in [5.74, 6) is 0. The summed E-state index contributed by atoms with van der Waals surface area (Å²) in [6, 6.07) is 7.17. The number of H-pyrrole nitrogens is 1. The van der Waals surface area contributed by atoms with Crippen LogP contribution in [0, 0.1) is 0 Å². The van der Waals surface area contributed by atoms with Crippen molar-refractivity contribution < 1.29 is 4.84 Å². The number of aromatic nitrogens is 1. The van der Waals surface area contributed by atoms with Crippen molar-refractivity contribution in [1.29, 1.82) is 0 Å². The Morgan fingerprint density at radius 2 is 2.00 bits per heavy atom. The van der Waals surface area contributed by atoms with E-state index in [4.69, 9.17) is 4.84 Å². The summed E-state index contributed by atoms with van der Waals surface area (Å²) in [4.78, 5) is 19.0. The molecule has 0 atom stereocenters. The Morgan fingerprint density at radius 3 is 2.93 bits per heavy atom. The van der Waals surface area contributed by atoms with Crippen LogP contribution in [0.3, 0.4) is 0 Å². The molecule has 0 spiro atoms. The summed E-state index contributed by atoms with van der Waals surface area (Å²) in [7, 11) is 0. The molecule has 0 saturated heterocycles. The smallest absolute Gasteiger partial charge is 0.248 e. The Labute approximate surface area is 85.1 Å². The predicted molar refractivity (Wildman–Crippen MR) is 58.3 cm³/mol. The number of aromatic amines is 1. The van der Waals surface area contributed by atoms with Crippen LogP contribution in [0.1, 0.15) is 5.56 Å². The number of anilines is 1. The van der Waals surface area contributed by atoms with Crippen LogP contribution in [-0.2, 0) is 4.84 Å². The van der Waals surface area contributed by atoms with Gasteiger partial charge in [-0.25, -0.2) is 5.48 Å². The van der Waals surface area contributed by atoms with Gasteiger partial charge >= 0.3 is 0 Å². The highest BCUT2D eigenvalue weighted by atomic mass is 16.6. The summed E-state index contributed by atoms with van der Waals surface area (Å²) in [6.07, 6.45) is 3.37. The Balaban J connectivity index is 2.46. The summed E-state index contributed by atoms with van der Waals surface area (Å²) in [5, 5.41) is 1.00. The van der Waals surface area contributed by atoms with Crippen LogP contribution >= 0.6 is 0 Å². The third-order valence-corrected chi connectivity index (χ3v) is 2.41. The predicted octanol–water partition coefficient (Wildman–Crippen LogP) is 1.86. The summed E-state index contributed by atoms with van der Waals surface area (Å²) in [6.45, 7) is 0. The fourth-order valence-corrected chi connectivity index (χ4v) is 1.71. The molecule has 2 aromatic rings. The van der Waals surface area contributed by atoms with Gasteiger partial charge in [0.25, 0.3) is 0 Å². The Bertz CT molecular complexity index is 614. The first-order chi connectivity index (χ1) is 7.34. The zero-order valence-electron chi connectivity index (χ0n) is 7.78. The van der Waals surface area contributed by atoms with Gasteiger partial charge in [-0.1, -0.05) is 6.07 Å². The van der Waals surface area contributed by atoms with Crippen molar-refractivity contribution >= 4 is 22.7 Å². The lowest BCUT2D eigenvalue weighted by atomic mass is 10.1. The van der Waals surface area contributed by atoms with E-state index in [1.807, 2.05) is 18.2 Å². The molecule has 1 aliphatic rings. The fourth-order valence-electron chi connectivity index (χ4n) is 1.71. The summed E-state index contributed by atoms with van der Waals surface area (Å²) < 4.78 is 0. The van der Waals surface area contributed by atoms with Crippen molar-refractivity contribution in [3.05, 3.63) is 46.4 Å². The number of benzene rings is 1. The van der Waals surface area contributed by atoms with Gasteiger partial charge in [0.05, 0.1) is 11.2 Å². The largest absolute Gasteiger partial charge is 0.390 e. The van der Waals surface area contributed by atoms with E-state index in [0.717, 1.165) is 22.2 Å². The SMILES string of the molecule is O=c1ccc2ccc3c(c2[nH]1)C=CON3. The van der Waals surface area contributed by atoms with Gasteiger partial charge in [-0.15, -0.1) is 0 Å². The van der Waals surface area contributed by atoms with Crippen molar-refractivity contribution in [2.24, 2.45) is 0 Å². The van der Waals surface area contributed by atoms with Crippen molar-refractivity contribution in [2.45, 2.75) is 0 Å². The van der Waals surface area contributed by atoms with Crippen molar-refractivity contribution in [2.75, 3.05) is 5.48 Å². The monoisotopic (exact) mass is 200 g/mol. The topological polar surface area (TPSA) is 54.1 Å². The van der Waals surface area contributed by atoms with Gasteiger partial charge in [-0.2, -0.15) is 0 Å². The first-order valence-electron chi connectivity index (χ1n) is 4.59. The van der Waals surface area contributed by atoms with E-state index in [1.54, 1.807) is 12.3 Å². The normalized spacial score (nSPS) is 13.1. The highest BCUT2D eigenvalue weighted by Gasteiger charge is 2.08. The van der Waals surface area contributed by atoms with Gasteiger partial charge in [-0.05, 0) is 23.6 Å². The molecule has 1 aromatic heterocycles. The Morgan fingerprint density at radius 1 is 1.13 bits per heavy atom. The quantitative estimate of drug-likeness (QED) is 0.682. The van der Waals surface area contributed by atoms with E-state index in [2.05, 4.69) is 10.5 Å². The molecule has 2 heterocycles. The number of hydrogen-bond acceptors (Lipinski definition) is 3. The zero-order valence-corrected chi connectivity index (χ0v) is 7.78. The average molecular weight is 200 g/mol. The van der Waals surface area contributed by atoms with Crippen LogP contribution in [0.25, 0.3) is 17.0 Å². The maximum absolute atomic E-state index is 11.2. The molecule has 0 fully saturated rings. The lowest BCUT2D eigenvalue weighted by Crippen LogP contribution is -2.07. The van der Waals surface area contributed by atoms with Crippen LogP contribution in [-0.4, -0.2) is 4.98 Å². The van der Waals surface area contributed by atoms with E-state index in [-0.39, 0.29) is 5.56 Å². The van der Waals surface area contributed by atoms with E-state index in [9.17, 15) is 4.79 Å². The minimum Gasteiger partial charge on any atom is -0.390 e. The number of nitrogens with one attached hydrogen (secondary N) is 2. The molecule has 74 valence electrons. The highest BCUT2D eigenvalue weighted by molar-refractivity contribution is 5.93. The third-order valence-electron chi connectivity index (χ3n) is 2.41. The summed E-state index contributed by atoms with van der Waals surface area (Å²) >= 11 is 0. The highest BCUT2D eigenvalue weighted by Crippen LogP contribution is 2.27. The maximum atomic E-state index is 11.2. The lowest BCUT2D eigenvalue weighted by molar-refractivity contribution is 0.329. The molecule has 0 unspecified atom stereocenters. The van der Waals surface area contributed by atoms with Crippen LogP contribution in [0.15, 0.2) is 35.3 Å². The van der Waals surface area contributed by atoms with Gasteiger partial charge < -0.3 is 9.82 Å². The molecule has 0 aliphatic carbocycles. The number of rotatable bonds is 0. The minimum absolute atomic E-state index is 0.101. The second-order valence-electron chi connectivity index (χ2n) is 3.34. The molecule has 3 rings (SSSR count). The van der Waals surface area contributed by atoms with Gasteiger partial charge in [0.1, 0.15) is 6.26 Å². The van der Waals surface area contributed by atoms with Gasteiger partial charge in [-0.3, -0.25) is 4.79 Å². The number of fused-ring (bicyclic) bond motifs is 3. The van der Waals surface area contributed by atoms with Crippen molar-refractivity contribution in [1.82, 2.24) is 4.98 Å². The van der Waals surface area contributed by atoms with Crippen LogP contribution in [0.4, 0.5) is 5.69 Å².